The summed E-state index contributed by atoms with van der Waals surface area (Å²) in [6, 6.07) is 7.98. The van der Waals surface area contributed by atoms with Crippen molar-refractivity contribution >= 4 is 11.8 Å². The average Bonchev–Trinajstić information content (AvgIpc) is 2.88. The second kappa shape index (κ2) is 8.05. The summed E-state index contributed by atoms with van der Waals surface area (Å²) in [5.74, 6) is 2.34. The summed E-state index contributed by atoms with van der Waals surface area (Å²) in [6.07, 6.45) is 0.984. The molecule has 0 bridgehead atoms. The maximum Gasteiger partial charge on any atom is 0.191 e. The fourth-order valence-electron chi connectivity index (χ4n) is 1.99. The van der Waals surface area contributed by atoms with E-state index in [1.807, 2.05) is 35.8 Å². The van der Waals surface area contributed by atoms with Crippen LogP contribution in [0, 0.1) is 6.92 Å². The molecular weight excluding hydrogens is 286 g/mol. The molecule has 0 atom stereocenters. The van der Waals surface area contributed by atoms with Crippen LogP contribution in [0.15, 0.2) is 29.4 Å². The number of aliphatic hydroxyl groups is 1. The average molecular weight is 307 g/mol. The molecule has 1 heterocycles. The molecule has 0 aliphatic rings. The molecule has 0 amide bonds. The van der Waals surface area contributed by atoms with Gasteiger partial charge in [0.15, 0.2) is 11.0 Å². The van der Waals surface area contributed by atoms with Gasteiger partial charge >= 0.3 is 0 Å². The van der Waals surface area contributed by atoms with Gasteiger partial charge in [-0.2, -0.15) is 0 Å². The molecule has 0 fully saturated rings. The van der Waals surface area contributed by atoms with Crippen molar-refractivity contribution in [2.75, 3.05) is 12.4 Å². The molecule has 1 N–H and O–H groups in total. The van der Waals surface area contributed by atoms with E-state index in [0.29, 0.717) is 12.4 Å². The summed E-state index contributed by atoms with van der Waals surface area (Å²) in [6.45, 7) is 5.49. The quantitative estimate of drug-likeness (QED) is 0.600. The van der Waals surface area contributed by atoms with Crippen LogP contribution in [0.1, 0.15) is 24.7 Å². The number of rotatable bonds is 8. The van der Waals surface area contributed by atoms with E-state index in [1.54, 1.807) is 11.8 Å². The summed E-state index contributed by atoms with van der Waals surface area (Å²) < 4.78 is 7.73. The number of ether oxygens (including phenoxy) is 1. The number of hydrogen-bond acceptors (Lipinski definition) is 5. The maximum absolute atomic E-state index is 9.25. The molecule has 0 saturated heterocycles. The van der Waals surface area contributed by atoms with Gasteiger partial charge in [-0.05, 0) is 25.0 Å². The molecule has 0 unspecified atom stereocenters. The number of hydrogen-bond donors (Lipinski definition) is 1. The standard InChI is InChI=1S/C15H21N3O2S/c1-3-8-18-14(11-19)16-17-15(18)21-10-9-20-13-7-5-4-6-12(13)2/h4-7,19H,3,8-11H2,1-2H3. The van der Waals surface area contributed by atoms with Crippen LogP contribution in [0.5, 0.6) is 5.75 Å². The van der Waals surface area contributed by atoms with Gasteiger partial charge in [0.1, 0.15) is 12.4 Å². The van der Waals surface area contributed by atoms with Crippen molar-refractivity contribution in [3.63, 3.8) is 0 Å². The number of aryl methyl sites for hydroxylation is 1. The van der Waals surface area contributed by atoms with Crippen LogP contribution in [-0.4, -0.2) is 32.2 Å². The highest BCUT2D eigenvalue weighted by Crippen LogP contribution is 2.20. The molecule has 114 valence electrons. The zero-order valence-electron chi connectivity index (χ0n) is 12.5. The Morgan fingerprint density at radius 3 is 2.81 bits per heavy atom. The minimum absolute atomic E-state index is 0.0761. The van der Waals surface area contributed by atoms with Crippen molar-refractivity contribution in [2.45, 2.75) is 38.6 Å². The Hall–Kier alpha value is -1.53. The van der Waals surface area contributed by atoms with Crippen molar-refractivity contribution in [1.82, 2.24) is 14.8 Å². The molecule has 6 heteroatoms. The molecule has 0 aliphatic carbocycles. The lowest BCUT2D eigenvalue weighted by molar-refractivity contribution is 0.263. The highest BCUT2D eigenvalue weighted by molar-refractivity contribution is 7.99. The minimum atomic E-state index is -0.0761. The lowest BCUT2D eigenvalue weighted by Crippen LogP contribution is -2.06. The van der Waals surface area contributed by atoms with Crippen molar-refractivity contribution in [3.8, 4) is 5.75 Å². The van der Waals surface area contributed by atoms with Crippen molar-refractivity contribution in [1.29, 1.82) is 0 Å². The zero-order chi connectivity index (χ0) is 15.1. The third kappa shape index (κ3) is 4.22. The Balaban J connectivity index is 1.86. The number of benzene rings is 1. The van der Waals surface area contributed by atoms with Gasteiger partial charge in [-0.25, -0.2) is 0 Å². The third-order valence-electron chi connectivity index (χ3n) is 3.05. The molecule has 21 heavy (non-hydrogen) atoms. The van der Waals surface area contributed by atoms with Gasteiger partial charge < -0.3 is 14.4 Å². The highest BCUT2D eigenvalue weighted by atomic mass is 32.2. The predicted octanol–water partition coefficient (Wildman–Crippen LogP) is 2.66. The second-order valence-electron chi connectivity index (χ2n) is 4.67. The lowest BCUT2D eigenvalue weighted by atomic mass is 10.2. The molecular formula is C15H21N3O2S. The maximum atomic E-state index is 9.25. The predicted molar refractivity (Wildman–Crippen MR) is 83.6 cm³/mol. The van der Waals surface area contributed by atoms with E-state index in [-0.39, 0.29) is 6.61 Å². The summed E-state index contributed by atoms with van der Waals surface area (Å²) in [5.41, 5.74) is 1.14. The van der Waals surface area contributed by atoms with Gasteiger partial charge in [0.25, 0.3) is 0 Å². The fourth-order valence-corrected chi connectivity index (χ4v) is 2.79. The van der Waals surface area contributed by atoms with Gasteiger partial charge in [0.05, 0.1) is 6.61 Å². The fraction of sp³-hybridized carbons (Fsp3) is 0.467. The van der Waals surface area contributed by atoms with Gasteiger partial charge in [-0.1, -0.05) is 36.9 Å². The topological polar surface area (TPSA) is 60.2 Å². The first-order valence-corrected chi connectivity index (χ1v) is 8.09. The van der Waals surface area contributed by atoms with E-state index in [9.17, 15) is 5.11 Å². The first kappa shape index (κ1) is 15.9. The van der Waals surface area contributed by atoms with Gasteiger partial charge in [-0.15, -0.1) is 10.2 Å². The lowest BCUT2D eigenvalue weighted by Gasteiger charge is -2.09. The molecule has 2 rings (SSSR count). The molecule has 2 aromatic rings. The van der Waals surface area contributed by atoms with E-state index in [1.165, 1.54) is 0 Å². The van der Waals surface area contributed by atoms with Crippen molar-refractivity contribution in [2.24, 2.45) is 0 Å². The zero-order valence-corrected chi connectivity index (χ0v) is 13.3. The first-order valence-electron chi connectivity index (χ1n) is 7.10. The third-order valence-corrected chi connectivity index (χ3v) is 3.98. The van der Waals surface area contributed by atoms with Crippen LogP contribution in [0.25, 0.3) is 0 Å². The van der Waals surface area contributed by atoms with Crippen LogP contribution in [0.3, 0.4) is 0 Å². The van der Waals surface area contributed by atoms with Crippen LogP contribution < -0.4 is 4.74 Å². The van der Waals surface area contributed by atoms with Gasteiger partial charge in [0, 0.05) is 12.3 Å². The number of thioether (sulfide) groups is 1. The Morgan fingerprint density at radius 1 is 1.29 bits per heavy atom. The first-order chi connectivity index (χ1) is 10.3. The molecule has 0 spiro atoms. The van der Waals surface area contributed by atoms with Crippen LogP contribution in [0.4, 0.5) is 0 Å². The van der Waals surface area contributed by atoms with Crippen molar-refractivity contribution < 1.29 is 9.84 Å². The van der Waals surface area contributed by atoms with E-state index < -0.39 is 0 Å². The number of aromatic nitrogens is 3. The summed E-state index contributed by atoms with van der Waals surface area (Å²) >= 11 is 1.60. The molecule has 1 aromatic carbocycles. The molecule has 1 aromatic heterocycles. The monoisotopic (exact) mass is 307 g/mol. The van der Waals surface area contributed by atoms with Gasteiger partial charge in [0.2, 0.25) is 0 Å². The molecule has 0 radical (unpaired) electrons. The number of aliphatic hydroxyl groups excluding tert-OH is 1. The van der Waals surface area contributed by atoms with E-state index >= 15 is 0 Å². The molecule has 0 saturated carbocycles. The summed E-state index contributed by atoms with van der Waals surface area (Å²) in [4.78, 5) is 0. The highest BCUT2D eigenvalue weighted by Gasteiger charge is 2.10. The Morgan fingerprint density at radius 2 is 2.10 bits per heavy atom. The normalized spacial score (nSPS) is 10.8. The number of para-hydroxylation sites is 1. The molecule has 5 nitrogen and oxygen atoms in total. The number of nitrogens with zero attached hydrogens (tertiary/aromatic N) is 3. The molecule has 0 aliphatic heterocycles. The SMILES string of the molecule is CCCn1c(CO)nnc1SCCOc1ccccc1C. The summed E-state index contributed by atoms with van der Waals surface area (Å²) in [5, 5.41) is 18.2. The van der Waals surface area contributed by atoms with Gasteiger partial charge in [-0.3, -0.25) is 0 Å². The van der Waals surface area contributed by atoms with Crippen LogP contribution in [-0.2, 0) is 13.2 Å². The van der Waals surface area contributed by atoms with E-state index in [4.69, 9.17) is 4.74 Å². The van der Waals surface area contributed by atoms with Crippen molar-refractivity contribution in [3.05, 3.63) is 35.7 Å². The van der Waals surface area contributed by atoms with E-state index in [0.717, 1.165) is 35.2 Å². The minimum Gasteiger partial charge on any atom is -0.492 e. The Bertz CT molecular complexity index is 572. The smallest absolute Gasteiger partial charge is 0.191 e. The van der Waals surface area contributed by atoms with Crippen LogP contribution in [0.2, 0.25) is 0 Å². The van der Waals surface area contributed by atoms with Crippen LogP contribution >= 0.6 is 11.8 Å². The largest absolute Gasteiger partial charge is 0.492 e. The summed E-state index contributed by atoms with van der Waals surface area (Å²) in [7, 11) is 0. The Labute approximate surface area is 129 Å². The second-order valence-corrected chi connectivity index (χ2v) is 5.73. The van der Waals surface area contributed by atoms with E-state index in [2.05, 4.69) is 17.1 Å². The Kier molecular flexibility index (Phi) is 6.07.